The van der Waals surface area contributed by atoms with E-state index in [1.807, 2.05) is 17.8 Å². The topological polar surface area (TPSA) is 38.1 Å². The van der Waals surface area contributed by atoms with Gasteiger partial charge in [0.15, 0.2) is 5.16 Å². The zero-order valence-corrected chi connectivity index (χ0v) is 17.1. The summed E-state index contributed by atoms with van der Waals surface area (Å²) in [7, 11) is 1.85. The summed E-state index contributed by atoms with van der Waals surface area (Å²) in [5.41, 5.74) is 5.89. The fourth-order valence-electron chi connectivity index (χ4n) is 2.95. The van der Waals surface area contributed by atoms with Gasteiger partial charge in [-0.15, -0.1) is 0 Å². The Kier molecular flexibility index (Phi) is 6.01. The molecule has 3 rings (SSSR count). The van der Waals surface area contributed by atoms with Crippen LogP contribution >= 0.6 is 11.8 Å². The molecule has 2 aromatic carbocycles. The average Bonchev–Trinajstić information content (AvgIpc) is 3.09. The number of aryl methyl sites for hydroxylation is 3. The molecule has 0 N–H and O–H groups in total. The Labute approximate surface area is 165 Å². The number of aromatic nitrogens is 2. The van der Waals surface area contributed by atoms with Gasteiger partial charge < -0.3 is 4.90 Å². The number of thioether (sulfide) groups is 1. The minimum absolute atomic E-state index is 0.0933. The first kappa shape index (κ1) is 19.2. The van der Waals surface area contributed by atoms with Crippen molar-refractivity contribution < 1.29 is 4.79 Å². The van der Waals surface area contributed by atoms with Gasteiger partial charge in [0.25, 0.3) is 0 Å². The van der Waals surface area contributed by atoms with E-state index in [0.717, 1.165) is 16.4 Å². The molecule has 0 aliphatic heterocycles. The van der Waals surface area contributed by atoms with Gasteiger partial charge in [-0.2, -0.15) is 0 Å². The third-order valence-electron chi connectivity index (χ3n) is 4.51. The summed E-state index contributed by atoms with van der Waals surface area (Å²) in [6, 6.07) is 14.6. The van der Waals surface area contributed by atoms with Crippen LogP contribution in [0.2, 0.25) is 0 Å². The van der Waals surface area contributed by atoms with Gasteiger partial charge in [0.1, 0.15) is 0 Å². The largest absolute Gasteiger partial charge is 0.341 e. The van der Waals surface area contributed by atoms with Crippen LogP contribution in [0.25, 0.3) is 5.69 Å². The van der Waals surface area contributed by atoms with Crippen LogP contribution in [0, 0.1) is 20.8 Å². The van der Waals surface area contributed by atoms with Gasteiger partial charge in [-0.3, -0.25) is 9.36 Å². The van der Waals surface area contributed by atoms with Gasteiger partial charge in [0.05, 0.1) is 11.4 Å². The molecule has 0 saturated heterocycles. The summed E-state index contributed by atoms with van der Waals surface area (Å²) in [5.74, 6) is 0.459. The van der Waals surface area contributed by atoms with Crippen molar-refractivity contribution in [3.63, 3.8) is 0 Å². The average molecular weight is 380 g/mol. The van der Waals surface area contributed by atoms with Crippen molar-refractivity contribution in [1.29, 1.82) is 0 Å². The van der Waals surface area contributed by atoms with Crippen LogP contribution in [0.5, 0.6) is 0 Å². The number of rotatable bonds is 6. The van der Waals surface area contributed by atoms with E-state index in [0.29, 0.717) is 12.3 Å². The van der Waals surface area contributed by atoms with Gasteiger partial charge in [0, 0.05) is 26.0 Å². The van der Waals surface area contributed by atoms with Gasteiger partial charge in [-0.25, -0.2) is 4.98 Å². The van der Waals surface area contributed by atoms with Gasteiger partial charge in [0.2, 0.25) is 5.91 Å². The maximum absolute atomic E-state index is 12.5. The second-order valence-corrected chi connectivity index (χ2v) is 7.84. The predicted octanol–water partition coefficient (Wildman–Crippen LogP) is 4.55. The molecule has 5 heteroatoms. The molecule has 1 amide bonds. The molecule has 0 spiro atoms. The standard InChI is InChI=1S/C22H25N3OS/c1-16-5-8-19(9-6-16)14-24(4)21(26)15-27-22-23-11-12-25(22)20-10-7-17(2)13-18(20)3/h5-13H,14-15H2,1-4H3. The highest BCUT2D eigenvalue weighted by Crippen LogP contribution is 2.23. The Morgan fingerprint density at radius 3 is 2.48 bits per heavy atom. The van der Waals surface area contributed by atoms with Crippen LogP contribution in [0.15, 0.2) is 60.0 Å². The number of carbonyl (C=O) groups is 1. The van der Waals surface area contributed by atoms with Crippen molar-refractivity contribution in [2.24, 2.45) is 0 Å². The van der Waals surface area contributed by atoms with Crippen LogP contribution in [0.4, 0.5) is 0 Å². The molecule has 0 aliphatic carbocycles. The monoisotopic (exact) mass is 379 g/mol. The number of amides is 1. The molecule has 0 unspecified atom stereocenters. The van der Waals surface area contributed by atoms with Crippen LogP contribution in [-0.4, -0.2) is 33.2 Å². The molecule has 0 fully saturated rings. The summed E-state index contributed by atoms with van der Waals surface area (Å²) in [4.78, 5) is 18.7. The Bertz CT molecular complexity index is 931. The quantitative estimate of drug-likeness (QED) is 0.590. The molecule has 1 aromatic heterocycles. The van der Waals surface area contributed by atoms with Crippen molar-refractivity contribution in [2.45, 2.75) is 32.5 Å². The van der Waals surface area contributed by atoms with E-state index in [1.165, 1.54) is 28.5 Å². The highest BCUT2D eigenvalue weighted by atomic mass is 32.2. The predicted molar refractivity (Wildman–Crippen MR) is 111 cm³/mol. The van der Waals surface area contributed by atoms with Crippen molar-refractivity contribution in [3.8, 4) is 5.69 Å². The molecule has 0 radical (unpaired) electrons. The van der Waals surface area contributed by atoms with Gasteiger partial charge in [-0.1, -0.05) is 59.3 Å². The molecule has 0 saturated carbocycles. The molecule has 0 aliphatic rings. The second-order valence-electron chi connectivity index (χ2n) is 6.89. The lowest BCUT2D eigenvalue weighted by molar-refractivity contribution is -0.127. The fraction of sp³-hybridized carbons (Fsp3) is 0.273. The van der Waals surface area contributed by atoms with Crippen molar-refractivity contribution in [1.82, 2.24) is 14.5 Å². The summed E-state index contributed by atoms with van der Waals surface area (Å²) in [6.45, 7) is 6.86. The summed E-state index contributed by atoms with van der Waals surface area (Å²) in [6.07, 6.45) is 3.72. The summed E-state index contributed by atoms with van der Waals surface area (Å²) < 4.78 is 2.05. The molecule has 4 nitrogen and oxygen atoms in total. The van der Waals surface area contributed by atoms with Crippen LogP contribution in [0.1, 0.15) is 22.3 Å². The fourth-order valence-corrected chi connectivity index (χ4v) is 3.85. The Hall–Kier alpha value is -2.53. The molecule has 140 valence electrons. The van der Waals surface area contributed by atoms with Crippen molar-refractivity contribution >= 4 is 17.7 Å². The number of carbonyl (C=O) groups excluding carboxylic acids is 1. The smallest absolute Gasteiger partial charge is 0.233 e. The van der Waals surface area contributed by atoms with Crippen LogP contribution in [-0.2, 0) is 11.3 Å². The lowest BCUT2D eigenvalue weighted by Gasteiger charge is -2.17. The van der Waals surface area contributed by atoms with Gasteiger partial charge in [-0.05, 0) is 38.0 Å². The normalized spacial score (nSPS) is 10.8. The molecule has 0 atom stereocenters. The Balaban J connectivity index is 1.64. The van der Waals surface area contributed by atoms with Crippen molar-refractivity contribution in [2.75, 3.05) is 12.8 Å². The Morgan fingerprint density at radius 2 is 1.78 bits per heavy atom. The zero-order chi connectivity index (χ0) is 19.4. The van der Waals surface area contributed by atoms with Crippen LogP contribution < -0.4 is 0 Å². The first-order valence-corrected chi connectivity index (χ1v) is 9.96. The summed E-state index contributed by atoms with van der Waals surface area (Å²) in [5, 5.41) is 0.832. The Morgan fingerprint density at radius 1 is 1.07 bits per heavy atom. The SMILES string of the molecule is Cc1ccc(CN(C)C(=O)CSc2nccn2-c2ccc(C)cc2C)cc1. The lowest BCUT2D eigenvalue weighted by atomic mass is 10.1. The highest BCUT2D eigenvalue weighted by molar-refractivity contribution is 7.99. The third-order valence-corrected chi connectivity index (χ3v) is 5.46. The first-order chi connectivity index (χ1) is 12.9. The molecule has 3 aromatic rings. The maximum Gasteiger partial charge on any atom is 0.233 e. The van der Waals surface area contributed by atoms with Crippen molar-refractivity contribution in [3.05, 3.63) is 77.1 Å². The number of hydrogen-bond acceptors (Lipinski definition) is 3. The molecular formula is C22H25N3OS. The minimum atomic E-state index is 0.0933. The number of benzene rings is 2. The number of nitrogens with zero attached hydrogens (tertiary/aromatic N) is 3. The van der Waals surface area contributed by atoms with E-state index in [9.17, 15) is 4.79 Å². The minimum Gasteiger partial charge on any atom is -0.341 e. The van der Waals surface area contributed by atoms with Gasteiger partial charge >= 0.3 is 0 Å². The number of imidazole rings is 1. The van der Waals surface area contributed by atoms with E-state index in [2.05, 4.69) is 68.2 Å². The second kappa shape index (κ2) is 8.44. The lowest BCUT2D eigenvalue weighted by Crippen LogP contribution is -2.27. The highest BCUT2D eigenvalue weighted by Gasteiger charge is 2.14. The van der Waals surface area contributed by atoms with E-state index in [-0.39, 0.29) is 5.91 Å². The van der Waals surface area contributed by atoms with E-state index >= 15 is 0 Å². The zero-order valence-electron chi connectivity index (χ0n) is 16.3. The van der Waals surface area contributed by atoms with E-state index < -0.39 is 0 Å². The summed E-state index contributed by atoms with van der Waals surface area (Å²) >= 11 is 1.47. The maximum atomic E-state index is 12.5. The van der Waals surface area contributed by atoms with Crippen LogP contribution in [0.3, 0.4) is 0 Å². The third kappa shape index (κ3) is 4.80. The first-order valence-electron chi connectivity index (χ1n) is 8.97. The molecular weight excluding hydrogens is 354 g/mol. The number of hydrogen-bond donors (Lipinski definition) is 0. The molecule has 1 heterocycles. The van der Waals surface area contributed by atoms with E-state index in [1.54, 1.807) is 11.1 Å². The molecule has 0 bridgehead atoms. The molecule has 27 heavy (non-hydrogen) atoms. The van der Waals surface area contributed by atoms with E-state index in [4.69, 9.17) is 0 Å².